The van der Waals surface area contributed by atoms with Gasteiger partial charge in [0.05, 0.1) is 0 Å². The van der Waals surface area contributed by atoms with Crippen molar-refractivity contribution < 1.29 is 27.5 Å². The minimum Gasteiger partial charge on any atom is -0.476 e. The average molecular weight is 613 g/mol. The van der Waals surface area contributed by atoms with E-state index in [9.17, 15) is 18.0 Å². The van der Waals surface area contributed by atoms with Gasteiger partial charge in [0, 0.05) is 67.8 Å². The molecule has 2 unspecified atom stereocenters. The Morgan fingerprint density at radius 3 is 2.63 bits per heavy atom. The van der Waals surface area contributed by atoms with Crippen molar-refractivity contribution in [2.45, 2.75) is 69.1 Å². The highest BCUT2D eigenvalue weighted by Gasteiger charge is 2.44. The van der Waals surface area contributed by atoms with E-state index in [1.807, 2.05) is 30.3 Å². The Hall–Kier alpha value is -3.32. The van der Waals surface area contributed by atoms with Gasteiger partial charge in [0.25, 0.3) is 11.5 Å². The Balaban J connectivity index is 1.24. The number of rotatable bonds is 13. The number of pyridine rings is 2. The Labute approximate surface area is 252 Å². The standard InChI is InChI=1S/C31H40N4O7S/c1-31(43(3,38)39,30(37)33-42-28-6-4-5-18-41-28)14-16-35-15-13-23-20-22(7-11-26(23)29(35)36)24-8-12-27(32-21-24)40-19-17-34(2)25-9-10-25/h7-8,11-13,15,20-21,25,28H,4-6,9-10,14,16-19H2,1-3H3,(H,33,37). The number of hydroxylamine groups is 1. The van der Waals surface area contributed by atoms with E-state index in [0.717, 1.165) is 42.2 Å². The van der Waals surface area contributed by atoms with E-state index in [0.29, 0.717) is 36.9 Å². The number of benzene rings is 1. The van der Waals surface area contributed by atoms with Crippen molar-refractivity contribution in [3.05, 3.63) is 59.1 Å². The third-order valence-corrected chi connectivity index (χ3v) is 10.5. The quantitative estimate of drug-likeness (QED) is 0.289. The summed E-state index contributed by atoms with van der Waals surface area (Å²) in [4.78, 5) is 38.4. The summed E-state index contributed by atoms with van der Waals surface area (Å²) >= 11 is 0. The number of likely N-dealkylation sites (N-methyl/N-ethyl adjacent to an activating group) is 1. The number of carbonyl (C=O) groups excluding carboxylic acids is 1. The molecule has 232 valence electrons. The fraction of sp³-hybridized carbons (Fsp3) is 0.516. The van der Waals surface area contributed by atoms with Crippen LogP contribution in [0, 0.1) is 0 Å². The fourth-order valence-corrected chi connectivity index (χ4v) is 5.95. The SMILES string of the molecule is CN(CCOc1ccc(-c2ccc3c(=O)n(CCC(C)(C(=O)NOC4CCCCO4)S(C)(=O)=O)ccc3c2)cn1)C1CC1. The number of sulfone groups is 1. The molecule has 0 spiro atoms. The summed E-state index contributed by atoms with van der Waals surface area (Å²) in [5.74, 6) is -0.224. The maximum Gasteiger partial charge on any atom is 0.264 e. The lowest BCUT2D eigenvalue weighted by Crippen LogP contribution is -2.51. The summed E-state index contributed by atoms with van der Waals surface area (Å²) < 4.78 is 36.3. The summed E-state index contributed by atoms with van der Waals surface area (Å²) in [5.41, 5.74) is 3.80. The largest absolute Gasteiger partial charge is 0.476 e. The van der Waals surface area contributed by atoms with E-state index in [2.05, 4.69) is 22.4 Å². The first-order chi connectivity index (χ1) is 20.5. The van der Waals surface area contributed by atoms with Crippen molar-refractivity contribution in [2.24, 2.45) is 0 Å². The smallest absolute Gasteiger partial charge is 0.264 e. The van der Waals surface area contributed by atoms with E-state index in [1.54, 1.807) is 18.5 Å². The van der Waals surface area contributed by atoms with Crippen molar-refractivity contribution in [1.29, 1.82) is 0 Å². The van der Waals surface area contributed by atoms with Gasteiger partial charge in [0.15, 0.2) is 20.9 Å². The van der Waals surface area contributed by atoms with Crippen LogP contribution in [0.3, 0.4) is 0 Å². The van der Waals surface area contributed by atoms with Crippen molar-refractivity contribution in [3.63, 3.8) is 0 Å². The summed E-state index contributed by atoms with van der Waals surface area (Å²) in [6, 6.07) is 11.8. The van der Waals surface area contributed by atoms with Crippen LogP contribution in [0.25, 0.3) is 21.9 Å². The van der Waals surface area contributed by atoms with Gasteiger partial charge in [-0.2, -0.15) is 0 Å². The molecule has 2 atom stereocenters. The van der Waals surface area contributed by atoms with Crippen molar-refractivity contribution in [3.8, 4) is 17.0 Å². The molecule has 11 nitrogen and oxygen atoms in total. The lowest BCUT2D eigenvalue weighted by molar-refractivity contribution is -0.201. The maximum absolute atomic E-state index is 13.3. The number of hydrogen-bond donors (Lipinski definition) is 1. The van der Waals surface area contributed by atoms with Crippen LogP contribution < -0.4 is 15.8 Å². The molecule has 1 N–H and O–H groups in total. The van der Waals surface area contributed by atoms with Gasteiger partial charge in [0.1, 0.15) is 6.61 Å². The first kappa shape index (κ1) is 31.1. The summed E-state index contributed by atoms with van der Waals surface area (Å²) in [7, 11) is -1.74. The van der Waals surface area contributed by atoms with E-state index >= 15 is 0 Å². The van der Waals surface area contributed by atoms with Crippen LogP contribution in [0.4, 0.5) is 0 Å². The lowest BCUT2D eigenvalue weighted by Gasteiger charge is -2.28. The molecule has 1 aliphatic heterocycles. The molecule has 1 aromatic carbocycles. The molecule has 0 radical (unpaired) electrons. The molecular weight excluding hydrogens is 572 g/mol. The molecule has 3 aromatic rings. The maximum atomic E-state index is 13.3. The molecule has 0 bridgehead atoms. The van der Waals surface area contributed by atoms with Gasteiger partial charge in [-0.1, -0.05) is 6.07 Å². The normalized spacial score (nSPS) is 18.8. The average Bonchev–Trinajstić information content (AvgIpc) is 3.85. The Bertz CT molecular complexity index is 1600. The van der Waals surface area contributed by atoms with E-state index in [1.165, 1.54) is 24.3 Å². The van der Waals surface area contributed by atoms with Crippen LogP contribution in [-0.4, -0.2) is 78.9 Å². The first-order valence-electron chi connectivity index (χ1n) is 14.8. The topological polar surface area (TPSA) is 129 Å². The monoisotopic (exact) mass is 612 g/mol. The van der Waals surface area contributed by atoms with Crippen molar-refractivity contribution in [1.82, 2.24) is 19.9 Å². The van der Waals surface area contributed by atoms with Crippen LogP contribution in [-0.2, 0) is 30.8 Å². The number of amides is 1. The molecule has 43 heavy (non-hydrogen) atoms. The Kier molecular flexibility index (Phi) is 9.50. The zero-order valence-corrected chi connectivity index (χ0v) is 25.8. The highest BCUT2D eigenvalue weighted by molar-refractivity contribution is 7.92. The van der Waals surface area contributed by atoms with Crippen LogP contribution >= 0.6 is 0 Å². The Morgan fingerprint density at radius 2 is 1.95 bits per heavy atom. The highest BCUT2D eigenvalue weighted by Crippen LogP contribution is 2.27. The third kappa shape index (κ3) is 7.43. The van der Waals surface area contributed by atoms with Crippen LogP contribution in [0.15, 0.2) is 53.6 Å². The number of nitrogens with zero attached hydrogens (tertiary/aromatic N) is 3. The number of nitrogens with one attached hydrogen (secondary N) is 1. The number of fused-ring (bicyclic) bond motifs is 1. The highest BCUT2D eigenvalue weighted by atomic mass is 32.2. The molecule has 2 aliphatic rings. The van der Waals surface area contributed by atoms with Gasteiger partial charge in [-0.15, -0.1) is 0 Å². The van der Waals surface area contributed by atoms with Gasteiger partial charge < -0.3 is 18.9 Å². The predicted molar refractivity (Wildman–Crippen MR) is 163 cm³/mol. The van der Waals surface area contributed by atoms with E-state index in [4.69, 9.17) is 14.3 Å². The zero-order valence-electron chi connectivity index (χ0n) is 25.0. The van der Waals surface area contributed by atoms with Crippen LogP contribution in [0.1, 0.15) is 45.4 Å². The Morgan fingerprint density at radius 1 is 1.16 bits per heavy atom. The number of hydrogen-bond acceptors (Lipinski definition) is 9. The van der Waals surface area contributed by atoms with Crippen molar-refractivity contribution in [2.75, 3.05) is 33.1 Å². The molecular formula is C31H40N4O7S. The molecule has 12 heteroatoms. The first-order valence-corrected chi connectivity index (χ1v) is 16.6. The second-order valence-electron chi connectivity index (χ2n) is 11.7. The lowest BCUT2D eigenvalue weighted by atomic mass is 10.0. The number of aryl methyl sites for hydroxylation is 1. The molecule has 1 aliphatic carbocycles. The zero-order chi connectivity index (χ0) is 30.6. The number of ether oxygens (including phenoxy) is 2. The van der Waals surface area contributed by atoms with Gasteiger partial charge in [-0.3, -0.25) is 9.59 Å². The summed E-state index contributed by atoms with van der Waals surface area (Å²) in [5, 5.41) is 1.23. The fourth-order valence-electron chi connectivity index (χ4n) is 5.10. The van der Waals surface area contributed by atoms with Gasteiger partial charge in [-0.05, 0) is 81.3 Å². The van der Waals surface area contributed by atoms with Crippen LogP contribution in [0.5, 0.6) is 5.88 Å². The van der Waals surface area contributed by atoms with Crippen molar-refractivity contribution >= 4 is 26.5 Å². The summed E-state index contributed by atoms with van der Waals surface area (Å²) in [6.07, 6.45) is 8.59. The van der Waals surface area contributed by atoms with Gasteiger partial charge in [-0.25, -0.2) is 23.7 Å². The molecule has 3 heterocycles. The molecule has 1 saturated heterocycles. The molecule has 1 amide bonds. The molecule has 1 saturated carbocycles. The second kappa shape index (κ2) is 13.1. The summed E-state index contributed by atoms with van der Waals surface area (Å²) in [6.45, 7) is 3.33. The number of carbonyl (C=O) groups is 1. The molecule has 2 fully saturated rings. The number of aromatic nitrogens is 2. The van der Waals surface area contributed by atoms with Gasteiger partial charge in [0.2, 0.25) is 5.88 Å². The minimum absolute atomic E-state index is 0.0231. The molecule has 5 rings (SSSR count). The minimum atomic E-state index is -3.86. The second-order valence-corrected chi connectivity index (χ2v) is 14.1. The third-order valence-electron chi connectivity index (χ3n) is 8.46. The predicted octanol–water partition coefficient (Wildman–Crippen LogP) is 3.30. The van der Waals surface area contributed by atoms with E-state index in [-0.39, 0.29) is 18.5 Å². The van der Waals surface area contributed by atoms with Crippen LogP contribution in [0.2, 0.25) is 0 Å². The van der Waals surface area contributed by atoms with E-state index < -0.39 is 26.8 Å². The molecule has 2 aromatic heterocycles. The van der Waals surface area contributed by atoms with Gasteiger partial charge >= 0.3 is 0 Å².